The third-order valence-corrected chi connectivity index (χ3v) is 2.53. The van der Waals surface area contributed by atoms with Gasteiger partial charge in [0.05, 0.1) is 10.5 Å². The normalized spacial score (nSPS) is 10.3. The summed E-state index contributed by atoms with van der Waals surface area (Å²) in [6, 6.07) is 2.05. The molecule has 0 saturated carbocycles. The van der Waals surface area contributed by atoms with Crippen LogP contribution in [0.25, 0.3) is 0 Å². The highest BCUT2D eigenvalue weighted by Gasteiger charge is 2.19. The molecule has 0 atom stereocenters. The fourth-order valence-corrected chi connectivity index (χ4v) is 1.56. The van der Waals surface area contributed by atoms with E-state index in [1.165, 1.54) is 6.92 Å². The van der Waals surface area contributed by atoms with Crippen molar-refractivity contribution in [3.63, 3.8) is 0 Å². The van der Waals surface area contributed by atoms with Gasteiger partial charge in [-0.05, 0) is 19.0 Å². The molecule has 0 spiro atoms. The number of non-ortho nitro benzene ring substituents is 1. The van der Waals surface area contributed by atoms with Gasteiger partial charge in [-0.1, -0.05) is 6.92 Å². The third-order valence-electron chi connectivity index (χ3n) is 2.53. The number of amides is 1. The Morgan fingerprint density at radius 2 is 2.11 bits per heavy atom. The Bertz CT molecular complexity index is 491. The predicted octanol–water partition coefficient (Wildman–Crippen LogP) is 1.38. The number of aryl methyl sites for hydroxylation is 1. The van der Waals surface area contributed by atoms with E-state index in [0.29, 0.717) is 13.1 Å². The molecule has 0 aliphatic carbocycles. The van der Waals surface area contributed by atoms with Crippen molar-refractivity contribution in [2.75, 3.05) is 19.6 Å². The molecule has 104 valence electrons. The number of carbonyl (C=O) groups excluding carboxylic acids is 1. The Balaban J connectivity index is 2.86. The van der Waals surface area contributed by atoms with Gasteiger partial charge in [-0.3, -0.25) is 14.9 Å². The zero-order valence-corrected chi connectivity index (χ0v) is 10.8. The molecular formula is C12H16FN3O3. The van der Waals surface area contributed by atoms with Crippen molar-refractivity contribution < 1.29 is 14.1 Å². The Hall–Kier alpha value is -2.02. The Labute approximate surface area is 110 Å². The van der Waals surface area contributed by atoms with Gasteiger partial charge in [-0.15, -0.1) is 0 Å². The number of carbonyl (C=O) groups is 1. The lowest BCUT2D eigenvalue weighted by Crippen LogP contribution is -2.32. The van der Waals surface area contributed by atoms with Crippen LogP contribution in [-0.2, 0) is 0 Å². The van der Waals surface area contributed by atoms with Crippen LogP contribution < -0.4 is 10.6 Å². The molecule has 19 heavy (non-hydrogen) atoms. The first-order valence-electron chi connectivity index (χ1n) is 5.90. The SMILES string of the molecule is CCNCCNC(=O)c1cc([N+](=O)[O-])cc(C)c1F. The fourth-order valence-electron chi connectivity index (χ4n) is 1.56. The average molecular weight is 269 g/mol. The summed E-state index contributed by atoms with van der Waals surface area (Å²) < 4.78 is 13.8. The summed E-state index contributed by atoms with van der Waals surface area (Å²) in [6.45, 7) is 4.95. The predicted molar refractivity (Wildman–Crippen MR) is 68.7 cm³/mol. The maximum Gasteiger partial charge on any atom is 0.270 e. The average Bonchev–Trinajstić information content (AvgIpc) is 2.37. The number of nitrogens with zero attached hydrogens (tertiary/aromatic N) is 1. The maximum atomic E-state index is 13.8. The molecule has 0 radical (unpaired) electrons. The molecule has 0 unspecified atom stereocenters. The van der Waals surface area contributed by atoms with Crippen molar-refractivity contribution in [1.82, 2.24) is 10.6 Å². The van der Waals surface area contributed by atoms with Crippen molar-refractivity contribution in [3.8, 4) is 0 Å². The minimum Gasteiger partial charge on any atom is -0.351 e. The number of rotatable bonds is 6. The molecule has 1 rings (SSSR count). The maximum absolute atomic E-state index is 13.8. The fraction of sp³-hybridized carbons (Fsp3) is 0.417. The number of likely N-dealkylation sites (N-methyl/N-ethyl adjacent to an activating group) is 1. The highest BCUT2D eigenvalue weighted by Crippen LogP contribution is 2.20. The molecule has 6 nitrogen and oxygen atoms in total. The smallest absolute Gasteiger partial charge is 0.270 e. The van der Waals surface area contributed by atoms with E-state index >= 15 is 0 Å². The number of hydrogen-bond donors (Lipinski definition) is 2. The van der Waals surface area contributed by atoms with E-state index in [-0.39, 0.29) is 16.8 Å². The first kappa shape index (κ1) is 15.0. The standard InChI is InChI=1S/C12H16FN3O3/c1-3-14-4-5-15-12(17)10-7-9(16(18)19)6-8(2)11(10)13/h6-7,14H,3-5H2,1-2H3,(H,15,17). The van der Waals surface area contributed by atoms with Crippen molar-refractivity contribution in [1.29, 1.82) is 0 Å². The van der Waals surface area contributed by atoms with Crippen LogP contribution in [-0.4, -0.2) is 30.5 Å². The molecule has 1 amide bonds. The van der Waals surface area contributed by atoms with Gasteiger partial charge in [0.2, 0.25) is 0 Å². The summed E-state index contributed by atoms with van der Waals surface area (Å²) in [7, 11) is 0. The Morgan fingerprint density at radius 1 is 1.42 bits per heavy atom. The molecule has 0 aliphatic rings. The zero-order valence-electron chi connectivity index (χ0n) is 10.8. The summed E-state index contributed by atoms with van der Waals surface area (Å²) >= 11 is 0. The summed E-state index contributed by atoms with van der Waals surface area (Å²) in [4.78, 5) is 21.8. The van der Waals surface area contributed by atoms with E-state index in [2.05, 4.69) is 10.6 Å². The molecule has 2 N–H and O–H groups in total. The summed E-state index contributed by atoms with van der Waals surface area (Å²) in [5.41, 5.74) is -0.523. The lowest BCUT2D eigenvalue weighted by atomic mass is 10.1. The number of nitro benzene ring substituents is 1. The summed E-state index contributed by atoms with van der Waals surface area (Å²) in [6.07, 6.45) is 0. The van der Waals surface area contributed by atoms with Crippen molar-refractivity contribution in [2.45, 2.75) is 13.8 Å². The first-order valence-corrected chi connectivity index (χ1v) is 5.90. The highest BCUT2D eigenvalue weighted by molar-refractivity contribution is 5.95. The van der Waals surface area contributed by atoms with E-state index in [4.69, 9.17) is 0 Å². The molecule has 0 saturated heterocycles. The number of nitro groups is 1. The molecule has 0 bridgehead atoms. The van der Waals surface area contributed by atoms with Gasteiger partial charge in [0, 0.05) is 25.2 Å². The van der Waals surface area contributed by atoms with Crippen LogP contribution in [0.1, 0.15) is 22.8 Å². The lowest BCUT2D eigenvalue weighted by Gasteiger charge is -2.08. The number of benzene rings is 1. The molecule has 0 aromatic heterocycles. The molecular weight excluding hydrogens is 253 g/mol. The molecule has 7 heteroatoms. The van der Waals surface area contributed by atoms with Gasteiger partial charge in [0.1, 0.15) is 5.82 Å². The molecule has 0 heterocycles. The van der Waals surface area contributed by atoms with Gasteiger partial charge in [0.15, 0.2) is 0 Å². The van der Waals surface area contributed by atoms with Crippen LogP contribution >= 0.6 is 0 Å². The van der Waals surface area contributed by atoms with Gasteiger partial charge >= 0.3 is 0 Å². The second-order valence-electron chi connectivity index (χ2n) is 3.99. The minimum atomic E-state index is -0.730. The zero-order chi connectivity index (χ0) is 14.4. The third kappa shape index (κ3) is 3.99. The van der Waals surface area contributed by atoms with Crippen LogP contribution in [0.15, 0.2) is 12.1 Å². The first-order chi connectivity index (χ1) is 8.97. The summed E-state index contributed by atoms with van der Waals surface area (Å²) in [5, 5.41) is 16.2. The van der Waals surface area contributed by atoms with Crippen LogP contribution in [0.3, 0.4) is 0 Å². The molecule has 0 aliphatic heterocycles. The van der Waals surface area contributed by atoms with Crippen LogP contribution in [0, 0.1) is 22.9 Å². The molecule has 1 aromatic carbocycles. The minimum absolute atomic E-state index is 0.0750. The lowest BCUT2D eigenvalue weighted by molar-refractivity contribution is -0.385. The van der Waals surface area contributed by atoms with Gasteiger partial charge in [0.25, 0.3) is 11.6 Å². The largest absolute Gasteiger partial charge is 0.351 e. The van der Waals surface area contributed by atoms with E-state index < -0.39 is 16.6 Å². The topological polar surface area (TPSA) is 84.3 Å². The van der Waals surface area contributed by atoms with Crippen molar-refractivity contribution in [2.24, 2.45) is 0 Å². The van der Waals surface area contributed by atoms with Crippen LogP contribution in [0.5, 0.6) is 0 Å². The van der Waals surface area contributed by atoms with Crippen molar-refractivity contribution in [3.05, 3.63) is 39.2 Å². The highest BCUT2D eigenvalue weighted by atomic mass is 19.1. The van der Waals surface area contributed by atoms with Gasteiger partial charge < -0.3 is 10.6 Å². The van der Waals surface area contributed by atoms with Gasteiger partial charge in [-0.25, -0.2) is 4.39 Å². The Morgan fingerprint density at radius 3 is 2.68 bits per heavy atom. The van der Waals surface area contributed by atoms with E-state index in [0.717, 1.165) is 18.7 Å². The quantitative estimate of drug-likeness (QED) is 0.464. The Kier molecular flexibility index (Phi) is 5.37. The van der Waals surface area contributed by atoms with Crippen LogP contribution in [0.2, 0.25) is 0 Å². The number of halogens is 1. The summed E-state index contributed by atoms with van der Waals surface area (Å²) in [5.74, 6) is -1.38. The number of nitrogens with one attached hydrogen (secondary N) is 2. The second kappa shape index (κ2) is 6.79. The van der Waals surface area contributed by atoms with E-state index in [9.17, 15) is 19.3 Å². The number of hydrogen-bond acceptors (Lipinski definition) is 4. The molecule has 1 aromatic rings. The van der Waals surface area contributed by atoms with E-state index in [1.807, 2.05) is 6.92 Å². The monoisotopic (exact) mass is 269 g/mol. The van der Waals surface area contributed by atoms with E-state index in [1.54, 1.807) is 0 Å². The van der Waals surface area contributed by atoms with Crippen molar-refractivity contribution >= 4 is 11.6 Å². The van der Waals surface area contributed by atoms with Gasteiger partial charge in [-0.2, -0.15) is 0 Å². The van der Waals surface area contributed by atoms with Crippen LogP contribution in [0.4, 0.5) is 10.1 Å². The molecule has 0 fully saturated rings. The second-order valence-corrected chi connectivity index (χ2v) is 3.99.